The molecule has 0 aromatic heterocycles. The van der Waals surface area contributed by atoms with Gasteiger partial charge < -0.3 is 0 Å². The Bertz CT molecular complexity index is 632. The highest BCUT2D eigenvalue weighted by molar-refractivity contribution is 7.99. The zero-order chi connectivity index (χ0) is 25.5. The van der Waals surface area contributed by atoms with Gasteiger partial charge in [0.15, 0.2) is 0 Å². The van der Waals surface area contributed by atoms with Crippen LogP contribution in [0.1, 0.15) is 6.42 Å². The van der Waals surface area contributed by atoms with Crippen LogP contribution in [0.3, 0.4) is 0 Å². The zero-order valence-corrected chi connectivity index (χ0v) is 15.1. The van der Waals surface area contributed by atoms with E-state index in [9.17, 15) is 74.6 Å². The highest BCUT2D eigenvalue weighted by Gasteiger charge is 2.95. The average molecular weight is 520 g/mol. The molecule has 186 valence electrons. The van der Waals surface area contributed by atoms with Gasteiger partial charge in [0.2, 0.25) is 0 Å². The predicted molar refractivity (Wildman–Crippen MR) is 72.8 cm³/mol. The minimum Gasteiger partial charge on any atom is -0.200 e. The predicted octanol–water partition coefficient (Wildman–Crippen LogP) is 7.31. The van der Waals surface area contributed by atoms with Crippen molar-refractivity contribution in [3.63, 3.8) is 0 Å². The lowest BCUT2D eigenvalue weighted by atomic mass is 9.88. The number of thioether (sulfide) groups is 1. The van der Waals surface area contributed by atoms with Crippen LogP contribution in [0.4, 0.5) is 74.6 Å². The molecular formula is C13H9F17S. The molecule has 0 atom stereocenters. The number of alkyl halides is 17. The van der Waals surface area contributed by atoms with Gasteiger partial charge in [-0.15, -0.1) is 6.58 Å². The second-order valence-corrected chi connectivity index (χ2v) is 6.91. The van der Waals surface area contributed by atoms with Crippen LogP contribution in [0.15, 0.2) is 12.7 Å². The molecule has 18 heteroatoms. The summed E-state index contributed by atoms with van der Waals surface area (Å²) < 4.78 is 221. The molecule has 0 saturated carbocycles. The highest BCUT2D eigenvalue weighted by Crippen LogP contribution is 2.64. The third-order valence-electron chi connectivity index (χ3n) is 3.58. The van der Waals surface area contributed by atoms with Crippen LogP contribution in [0, 0.1) is 0 Å². The summed E-state index contributed by atoms with van der Waals surface area (Å²) >= 11 is 0.274. The van der Waals surface area contributed by atoms with E-state index < -0.39 is 59.8 Å². The Balaban J connectivity index is 6.40. The first-order valence-corrected chi connectivity index (χ1v) is 8.36. The zero-order valence-electron chi connectivity index (χ0n) is 14.2. The number of hydrogen-bond donors (Lipinski definition) is 0. The molecule has 0 rings (SSSR count). The summed E-state index contributed by atoms with van der Waals surface area (Å²) in [6, 6.07) is 0. The summed E-state index contributed by atoms with van der Waals surface area (Å²) in [7, 11) is 0. The summed E-state index contributed by atoms with van der Waals surface area (Å²) in [4.78, 5) is 0. The van der Waals surface area contributed by atoms with Gasteiger partial charge in [-0.05, 0) is 5.75 Å². The maximum absolute atomic E-state index is 13.4. The Morgan fingerprint density at radius 1 is 0.516 bits per heavy atom. The summed E-state index contributed by atoms with van der Waals surface area (Å²) in [6.45, 7) is 3.03. The molecule has 0 unspecified atom stereocenters. The monoisotopic (exact) mass is 520 g/mol. The van der Waals surface area contributed by atoms with E-state index >= 15 is 0 Å². The number of halogens is 17. The molecule has 0 aliphatic heterocycles. The van der Waals surface area contributed by atoms with Crippen molar-refractivity contribution in [3.05, 3.63) is 12.7 Å². The molecular weight excluding hydrogens is 511 g/mol. The lowest BCUT2D eigenvalue weighted by Crippen LogP contribution is -2.74. The van der Waals surface area contributed by atoms with Crippen molar-refractivity contribution in [3.8, 4) is 0 Å². The summed E-state index contributed by atoms with van der Waals surface area (Å²) in [6.07, 6.45) is -9.20. The molecule has 0 spiro atoms. The molecule has 0 amide bonds. The quantitative estimate of drug-likeness (QED) is 0.157. The van der Waals surface area contributed by atoms with Crippen LogP contribution >= 0.6 is 11.8 Å². The van der Waals surface area contributed by atoms with Crippen LogP contribution in [0.25, 0.3) is 0 Å². The second kappa shape index (κ2) is 8.35. The van der Waals surface area contributed by atoms with Gasteiger partial charge in [-0.25, -0.2) is 0 Å². The van der Waals surface area contributed by atoms with E-state index in [4.69, 9.17) is 0 Å². The largest absolute Gasteiger partial charge is 0.460 e. The summed E-state index contributed by atoms with van der Waals surface area (Å²) in [5, 5.41) is 0. The van der Waals surface area contributed by atoms with Crippen molar-refractivity contribution >= 4 is 11.8 Å². The van der Waals surface area contributed by atoms with Crippen molar-refractivity contribution in [2.45, 2.75) is 54.1 Å². The highest BCUT2D eigenvalue weighted by atomic mass is 32.2. The maximum atomic E-state index is 13.4. The first-order valence-electron chi connectivity index (χ1n) is 7.21. The van der Waals surface area contributed by atoms with E-state index in [1.165, 1.54) is 0 Å². The Kier molecular flexibility index (Phi) is 8.06. The van der Waals surface area contributed by atoms with Crippen LogP contribution in [0.5, 0.6) is 0 Å². The SMILES string of the molecule is C=CCSCCC(F)(F)C(F)(F)C(F)(F)C(F)(F)C(F)(F)C(F)(F)C(F)(F)C(F)(F)F. The lowest BCUT2D eigenvalue weighted by Gasteiger charge is -2.42. The fraction of sp³-hybridized carbons (Fsp3) is 0.846. The molecule has 0 heterocycles. The van der Waals surface area contributed by atoms with E-state index in [2.05, 4.69) is 6.58 Å². The summed E-state index contributed by atoms with van der Waals surface area (Å²) in [5.41, 5.74) is 0. The molecule has 0 nitrogen and oxygen atoms in total. The van der Waals surface area contributed by atoms with Gasteiger partial charge in [-0.1, -0.05) is 6.08 Å². The molecule has 0 aromatic rings. The third kappa shape index (κ3) is 4.41. The maximum Gasteiger partial charge on any atom is 0.460 e. The molecule has 0 N–H and O–H groups in total. The first kappa shape index (κ1) is 29.9. The molecule has 0 aliphatic carbocycles. The molecule has 0 aromatic carbocycles. The number of hydrogen-bond acceptors (Lipinski definition) is 1. The van der Waals surface area contributed by atoms with Gasteiger partial charge in [0.25, 0.3) is 0 Å². The van der Waals surface area contributed by atoms with Crippen molar-refractivity contribution in [2.75, 3.05) is 11.5 Å². The molecule has 0 radical (unpaired) electrons. The van der Waals surface area contributed by atoms with Gasteiger partial charge >= 0.3 is 47.6 Å². The summed E-state index contributed by atoms with van der Waals surface area (Å²) in [5.74, 6) is -57.3. The fourth-order valence-electron chi connectivity index (χ4n) is 1.72. The topological polar surface area (TPSA) is 0 Å². The van der Waals surface area contributed by atoms with E-state index in [0.717, 1.165) is 6.08 Å². The van der Waals surface area contributed by atoms with Gasteiger partial charge in [-0.3, -0.25) is 0 Å². The molecule has 0 aliphatic rings. The van der Waals surface area contributed by atoms with Crippen molar-refractivity contribution in [1.29, 1.82) is 0 Å². The Morgan fingerprint density at radius 2 is 0.839 bits per heavy atom. The standard InChI is InChI=1S/C13H9F17S/c1-2-4-31-5-3-6(14,15)7(16,17)8(18,19)9(20,21)10(22,23)11(24,25)12(26,27)13(28,29)30/h2H,1,3-5H2. The van der Waals surface area contributed by atoms with Gasteiger partial charge in [-0.2, -0.15) is 86.4 Å². The number of rotatable bonds is 11. The first-order chi connectivity index (χ1) is 13.3. The second-order valence-electron chi connectivity index (χ2n) is 5.76. The average Bonchev–Trinajstić information content (AvgIpc) is 2.56. The van der Waals surface area contributed by atoms with Gasteiger partial charge in [0.1, 0.15) is 0 Å². The molecule has 0 saturated heterocycles. The van der Waals surface area contributed by atoms with E-state index in [1.807, 2.05) is 0 Å². The Hall–Kier alpha value is -1.10. The molecule has 31 heavy (non-hydrogen) atoms. The Labute approximate surface area is 165 Å². The van der Waals surface area contributed by atoms with Gasteiger partial charge in [0, 0.05) is 12.2 Å². The van der Waals surface area contributed by atoms with Crippen molar-refractivity contribution in [2.24, 2.45) is 0 Å². The molecule has 0 fully saturated rings. The third-order valence-corrected chi connectivity index (χ3v) is 4.55. The van der Waals surface area contributed by atoms with E-state index in [-0.39, 0.29) is 17.5 Å². The van der Waals surface area contributed by atoms with E-state index in [0.29, 0.717) is 0 Å². The van der Waals surface area contributed by atoms with E-state index in [1.54, 1.807) is 0 Å². The van der Waals surface area contributed by atoms with Crippen molar-refractivity contribution in [1.82, 2.24) is 0 Å². The van der Waals surface area contributed by atoms with Crippen LogP contribution in [-0.2, 0) is 0 Å². The minimum atomic E-state index is -8.58. The Morgan fingerprint density at radius 3 is 1.16 bits per heavy atom. The van der Waals surface area contributed by atoms with Crippen LogP contribution < -0.4 is 0 Å². The van der Waals surface area contributed by atoms with Gasteiger partial charge in [0.05, 0.1) is 0 Å². The van der Waals surface area contributed by atoms with Crippen LogP contribution in [-0.4, -0.2) is 59.1 Å². The lowest BCUT2D eigenvalue weighted by molar-refractivity contribution is -0.461. The fourth-order valence-corrected chi connectivity index (χ4v) is 2.45. The van der Waals surface area contributed by atoms with Crippen LogP contribution in [0.2, 0.25) is 0 Å². The van der Waals surface area contributed by atoms with Crippen molar-refractivity contribution < 1.29 is 74.6 Å². The minimum absolute atomic E-state index is 0.273. The molecule has 0 bridgehead atoms. The normalized spacial score (nSPS) is 15.9. The smallest absolute Gasteiger partial charge is 0.200 e.